The largest absolute Gasteiger partial charge is 0.493 e. The summed E-state index contributed by atoms with van der Waals surface area (Å²) in [4.78, 5) is 20.6. The molecule has 1 heterocycles. The zero-order valence-corrected chi connectivity index (χ0v) is 22.2. The van der Waals surface area contributed by atoms with Crippen LogP contribution in [0.25, 0.3) is 0 Å². The van der Waals surface area contributed by atoms with E-state index in [-0.39, 0.29) is 36.5 Å². The van der Waals surface area contributed by atoms with Crippen LogP contribution in [-0.2, 0) is 11.3 Å². The van der Waals surface area contributed by atoms with Gasteiger partial charge in [0.2, 0.25) is 0 Å². The third-order valence-corrected chi connectivity index (χ3v) is 5.47. The van der Waals surface area contributed by atoms with Gasteiger partial charge in [-0.3, -0.25) is 9.79 Å². The number of methoxy groups -OCH3 is 2. The van der Waals surface area contributed by atoms with Crippen molar-refractivity contribution >= 4 is 41.5 Å². The molecule has 0 aliphatic carbocycles. The standard InChI is InChI=1S/C24H32N4O4.HI/c1-17-13-21(30-4)22(31-5)14-18(17)15-27(3)24(25-2)26-11-8-12-28-19-9-6-7-10-20(19)32-16-23(28)29;/h6-7,9-10,13-14H,8,11-12,15-16H2,1-5H3,(H,25,26);1H. The van der Waals surface area contributed by atoms with E-state index in [9.17, 15) is 4.79 Å². The summed E-state index contributed by atoms with van der Waals surface area (Å²) < 4.78 is 16.3. The van der Waals surface area contributed by atoms with Crippen LogP contribution < -0.4 is 24.4 Å². The van der Waals surface area contributed by atoms with Gasteiger partial charge in [0.05, 0.1) is 19.9 Å². The number of hydrogen-bond acceptors (Lipinski definition) is 5. The first-order valence-electron chi connectivity index (χ1n) is 10.6. The molecule has 0 saturated carbocycles. The minimum absolute atomic E-state index is 0. The van der Waals surface area contributed by atoms with Crippen LogP contribution in [0.5, 0.6) is 17.2 Å². The fraction of sp³-hybridized carbons (Fsp3) is 0.417. The number of anilines is 1. The first kappa shape index (κ1) is 26.6. The summed E-state index contributed by atoms with van der Waals surface area (Å²) in [5.41, 5.74) is 3.08. The molecule has 8 nitrogen and oxygen atoms in total. The van der Waals surface area contributed by atoms with Crippen molar-refractivity contribution in [2.24, 2.45) is 4.99 Å². The fourth-order valence-electron chi connectivity index (χ4n) is 3.74. The molecular formula is C24H33IN4O4. The molecule has 33 heavy (non-hydrogen) atoms. The molecule has 3 rings (SSSR count). The number of amides is 1. The van der Waals surface area contributed by atoms with E-state index in [1.54, 1.807) is 26.2 Å². The number of ether oxygens (including phenoxy) is 3. The number of halogens is 1. The van der Waals surface area contributed by atoms with E-state index in [0.717, 1.165) is 40.7 Å². The normalized spacial score (nSPS) is 12.9. The first-order chi connectivity index (χ1) is 15.5. The Morgan fingerprint density at radius 3 is 2.61 bits per heavy atom. The van der Waals surface area contributed by atoms with E-state index in [0.29, 0.717) is 25.4 Å². The predicted octanol–water partition coefficient (Wildman–Crippen LogP) is 3.45. The number of aryl methyl sites for hydroxylation is 1. The molecule has 0 bridgehead atoms. The van der Waals surface area contributed by atoms with Gasteiger partial charge in [0.25, 0.3) is 5.91 Å². The number of hydrogen-bond donors (Lipinski definition) is 1. The smallest absolute Gasteiger partial charge is 0.265 e. The molecule has 2 aromatic rings. The third-order valence-electron chi connectivity index (χ3n) is 5.47. The molecule has 0 aromatic heterocycles. The van der Waals surface area contributed by atoms with Crippen molar-refractivity contribution in [2.75, 3.05) is 52.9 Å². The number of rotatable bonds is 8. The van der Waals surface area contributed by atoms with E-state index in [2.05, 4.69) is 22.1 Å². The second-order valence-corrected chi connectivity index (χ2v) is 7.62. The topological polar surface area (TPSA) is 75.6 Å². The van der Waals surface area contributed by atoms with E-state index in [1.807, 2.05) is 43.4 Å². The van der Waals surface area contributed by atoms with E-state index < -0.39 is 0 Å². The summed E-state index contributed by atoms with van der Waals surface area (Å²) in [6.45, 7) is 4.11. The predicted molar refractivity (Wildman–Crippen MR) is 141 cm³/mol. The molecule has 0 fully saturated rings. The molecule has 2 aromatic carbocycles. The summed E-state index contributed by atoms with van der Waals surface area (Å²) >= 11 is 0. The molecule has 0 radical (unpaired) electrons. The van der Waals surface area contributed by atoms with Gasteiger partial charge < -0.3 is 29.3 Å². The van der Waals surface area contributed by atoms with Crippen LogP contribution in [0.3, 0.4) is 0 Å². The van der Waals surface area contributed by atoms with Gasteiger partial charge in [-0.1, -0.05) is 12.1 Å². The average molecular weight is 568 g/mol. The minimum Gasteiger partial charge on any atom is -0.493 e. The van der Waals surface area contributed by atoms with Gasteiger partial charge in [-0.05, 0) is 48.7 Å². The highest BCUT2D eigenvalue weighted by atomic mass is 127. The highest BCUT2D eigenvalue weighted by Crippen LogP contribution is 2.32. The zero-order valence-electron chi connectivity index (χ0n) is 19.9. The fourth-order valence-corrected chi connectivity index (χ4v) is 3.74. The first-order valence-corrected chi connectivity index (χ1v) is 10.6. The number of carbonyl (C=O) groups is 1. The highest BCUT2D eigenvalue weighted by Gasteiger charge is 2.24. The van der Waals surface area contributed by atoms with E-state index in [1.165, 1.54) is 0 Å². The molecule has 180 valence electrons. The molecule has 9 heteroatoms. The third kappa shape index (κ3) is 6.43. The van der Waals surface area contributed by atoms with Crippen molar-refractivity contribution < 1.29 is 19.0 Å². The lowest BCUT2D eigenvalue weighted by atomic mass is 10.1. The van der Waals surface area contributed by atoms with Gasteiger partial charge in [-0.15, -0.1) is 24.0 Å². The Labute approximate surface area is 212 Å². The molecular weight excluding hydrogens is 535 g/mol. The SMILES string of the molecule is CN=C(NCCCN1C(=O)COc2ccccc21)N(C)Cc1cc(OC)c(OC)cc1C.I. The molecule has 1 aliphatic rings. The lowest BCUT2D eigenvalue weighted by molar-refractivity contribution is -0.121. The van der Waals surface area contributed by atoms with Crippen LogP contribution in [0.1, 0.15) is 17.5 Å². The number of guanidine groups is 1. The van der Waals surface area contributed by atoms with Crippen LogP contribution in [0, 0.1) is 6.92 Å². The quantitative estimate of drug-likeness (QED) is 0.228. The van der Waals surface area contributed by atoms with Crippen molar-refractivity contribution in [1.82, 2.24) is 10.2 Å². The van der Waals surface area contributed by atoms with Crippen molar-refractivity contribution in [2.45, 2.75) is 19.9 Å². The summed E-state index contributed by atoms with van der Waals surface area (Å²) in [5, 5.41) is 3.39. The Morgan fingerprint density at radius 2 is 1.91 bits per heavy atom. The van der Waals surface area contributed by atoms with Gasteiger partial charge in [0.1, 0.15) is 5.75 Å². The number of nitrogens with zero attached hydrogens (tertiary/aromatic N) is 3. The number of aliphatic imine (C=N–C) groups is 1. The lowest BCUT2D eigenvalue weighted by Gasteiger charge is -2.29. The molecule has 0 saturated heterocycles. The Morgan fingerprint density at radius 1 is 1.21 bits per heavy atom. The second kappa shape index (κ2) is 12.5. The van der Waals surface area contributed by atoms with Crippen LogP contribution in [0.2, 0.25) is 0 Å². The molecule has 0 atom stereocenters. The van der Waals surface area contributed by atoms with Crippen molar-refractivity contribution in [3.63, 3.8) is 0 Å². The van der Waals surface area contributed by atoms with Gasteiger partial charge in [-0.2, -0.15) is 0 Å². The summed E-state index contributed by atoms with van der Waals surface area (Å²) in [6.07, 6.45) is 0.780. The maximum absolute atomic E-state index is 12.3. The highest BCUT2D eigenvalue weighted by molar-refractivity contribution is 14.0. The Balaban J connectivity index is 0.00000385. The Hall–Kier alpha value is -2.69. The van der Waals surface area contributed by atoms with Crippen molar-refractivity contribution in [3.8, 4) is 17.2 Å². The van der Waals surface area contributed by atoms with Gasteiger partial charge in [0.15, 0.2) is 24.1 Å². The van der Waals surface area contributed by atoms with E-state index in [4.69, 9.17) is 14.2 Å². The van der Waals surface area contributed by atoms with Gasteiger partial charge in [0, 0.05) is 33.7 Å². The Kier molecular flexibility index (Phi) is 10.1. The number of nitrogens with one attached hydrogen (secondary N) is 1. The monoisotopic (exact) mass is 568 g/mol. The zero-order chi connectivity index (χ0) is 23.1. The molecule has 0 spiro atoms. The maximum atomic E-state index is 12.3. The van der Waals surface area contributed by atoms with Crippen LogP contribution >= 0.6 is 24.0 Å². The molecule has 1 amide bonds. The molecule has 1 aliphatic heterocycles. The second-order valence-electron chi connectivity index (χ2n) is 7.62. The van der Waals surface area contributed by atoms with Crippen LogP contribution in [0.4, 0.5) is 5.69 Å². The maximum Gasteiger partial charge on any atom is 0.265 e. The number of carbonyl (C=O) groups excluding carboxylic acids is 1. The number of benzene rings is 2. The summed E-state index contributed by atoms with van der Waals surface area (Å²) in [7, 11) is 7.03. The van der Waals surface area contributed by atoms with Crippen LogP contribution in [-0.4, -0.2) is 64.8 Å². The van der Waals surface area contributed by atoms with Gasteiger partial charge >= 0.3 is 0 Å². The van der Waals surface area contributed by atoms with Crippen LogP contribution in [0.15, 0.2) is 41.4 Å². The summed E-state index contributed by atoms with van der Waals surface area (Å²) in [6, 6.07) is 11.6. The average Bonchev–Trinajstić information content (AvgIpc) is 2.81. The Bertz CT molecular complexity index is 983. The van der Waals surface area contributed by atoms with E-state index >= 15 is 0 Å². The molecule has 0 unspecified atom stereocenters. The van der Waals surface area contributed by atoms with Gasteiger partial charge in [-0.25, -0.2) is 0 Å². The molecule has 1 N–H and O–H groups in total. The lowest BCUT2D eigenvalue weighted by Crippen LogP contribution is -2.42. The van der Waals surface area contributed by atoms with Crippen molar-refractivity contribution in [3.05, 3.63) is 47.5 Å². The number of fused-ring (bicyclic) bond motifs is 1. The number of para-hydroxylation sites is 2. The summed E-state index contributed by atoms with van der Waals surface area (Å²) in [5.74, 6) is 2.95. The van der Waals surface area contributed by atoms with Crippen molar-refractivity contribution in [1.29, 1.82) is 0 Å². The minimum atomic E-state index is -0.0193.